The Kier molecular flexibility index (Phi) is 6.41. The fourth-order valence-electron chi connectivity index (χ4n) is 4.31. The zero-order valence-electron chi connectivity index (χ0n) is 19.5. The Morgan fingerprint density at radius 3 is 2.45 bits per heavy atom. The van der Waals surface area contributed by atoms with Gasteiger partial charge >= 0.3 is 0 Å². The SMILES string of the molecule is CCCn1nc(CC)c2nc(N(C)C3CCN(C)CC3)nc(Nc3ccc(C)cc3)c21. The van der Waals surface area contributed by atoms with E-state index < -0.39 is 0 Å². The van der Waals surface area contributed by atoms with Crippen molar-refractivity contribution in [1.82, 2.24) is 24.6 Å². The maximum Gasteiger partial charge on any atom is 0.228 e. The van der Waals surface area contributed by atoms with Gasteiger partial charge < -0.3 is 15.1 Å². The monoisotopic (exact) mass is 421 g/mol. The van der Waals surface area contributed by atoms with E-state index in [4.69, 9.17) is 15.1 Å². The first kappa shape index (κ1) is 21.6. The fourth-order valence-corrected chi connectivity index (χ4v) is 4.31. The normalized spacial score (nSPS) is 15.5. The maximum atomic E-state index is 5.04. The molecule has 1 aliphatic heterocycles. The number of hydrogen-bond acceptors (Lipinski definition) is 6. The highest BCUT2D eigenvalue weighted by molar-refractivity contribution is 5.90. The number of nitrogens with zero attached hydrogens (tertiary/aromatic N) is 6. The molecule has 166 valence electrons. The average Bonchev–Trinajstić information content (AvgIpc) is 3.13. The average molecular weight is 422 g/mol. The Labute approximate surface area is 185 Å². The van der Waals surface area contributed by atoms with Crippen LogP contribution in [0.4, 0.5) is 17.5 Å². The van der Waals surface area contributed by atoms with Crippen molar-refractivity contribution in [3.63, 3.8) is 0 Å². The highest BCUT2D eigenvalue weighted by Gasteiger charge is 2.25. The molecule has 0 saturated carbocycles. The summed E-state index contributed by atoms with van der Waals surface area (Å²) in [5.74, 6) is 1.62. The molecule has 0 bridgehead atoms. The molecule has 1 N–H and O–H groups in total. The van der Waals surface area contributed by atoms with Gasteiger partial charge in [0.05, 0.1) is 5.69 Å². The number of piperidine rings is 1. The molecular weight excluding hydrogens is 386 g/mol. The van der Waals surface area contributed by atoms with Crippen molar-refractivity contribution in [2.24, 2.45) is 0 Å². The van der Waals surface area contributed by atoms with Crippen molar-refractivity contribution in [1.29, 1.82) is 0 Å². The largest absolute Gasteiger partial charge is 0.341 e. The first-order valence-corrected chi connectivity index (χ1v) is 11.5. The quantitative estimate of drug-likeness (QED) is 0.611. The van der Waals surface area contributed by atoms with Gasteiger partial charge in [0, 0.05) is 25.3 Å². The van der Waals surface area contributed by atoms with Crippen molar-refractivity contribution in [3.8, 4) is 0 Å². The third kappa shape index (κ3) is 4.51. The van der Waals surface area contributed by atoms with E-state index in [1.807, 2.05) is 0 Å². The number of rotatable bonds is 7. The molecular formula is C24H35N7. The van der Waals surface area contributed by atoms with Gasteiger partial charge in [0.2, 0.25) is 5.95 Å². The highest BCUT2D eigenvalue weighted by Crippen LogP contribution is 2.30. The number of aryl methyl sites for hydroxylation is 3. The van der Waals surface area contributed by atoms with E-state index in [2.05, 4.69) is 78.9 Å². The Balaban J connectivity index is 1.79. The van der Waals surface area contributed by atoms with Crippen LogP contribution in [0.5, 0.6) is 0 Å². The van der Waals surface area contributed by atoms with Crippen molar-refractivity contribution >= 4 is 28.5 Å². The minimum absolute atomic E-state index is 0.455. The molecule has 0 aliphatic carbocycles. The van der Waals surface area contributed by atoms with Gasteiger partial charge in [-0.3, -0.25) is 4.68 Å². The zero-order chi connectivity index (χ0) is 22.0. The molecule has 0 spiro atoms. The summed E-state index contributed by atoms with van der Waals surface area (Å²) in [6.45, 7) is 9.50. The molecule has 0 unspecified atom stereocenters. The summed E-state index contributed by atoms with van der Waals surface area (Å²) in [4.78, 5) is 14.7. The molecule has 7 nitrogen and oxygen atoms in total. The van der Waals surface area contributed by atoms with E-state index in [0.717, 1.165) is 79.5 Å². The Hall–Kier alpha value is -2.67. The van der Waals surface area contributed by atoms with Crippen LogP contribution < -0.4 is 10.2 Å². The van der Waals surface area contributed by atoms with Crippen LogP contribution in [-0.4, -0.2) is 57.9 Å². The van der Waals surface area contributed by atoms with E-state index in [1.165, 1.54) is 5.56 Å². The first-order chi connectivity index (χ1) is 15.0. The molecule has 1 saturated heterocycles. The summed E-state index contributed by atoms with van der Waals surface area (Å²) in [6.07, 6.45) is 4.13. The Bertz CT molecular complexity index is 1020. The van der Waals surface area contributed by atoms with Gasteiger partial charge in [0.1, 0.15) is 11.0 Å². The molecule has 2 aromatic heterocycles. The summed E-state index contributed by atoms with van der Waals surface area (Å²) in [6, 6.07) is 8.90. The molecule has 1 fully saturated rings. The summed E-state index contributed by atoms with van der Waals surface area (Å²) < 4.78 is 2.07. The smallest absolute Gasteiger partial charge is 0.228 e. The summed E-state index contributed by atoms with van der Waals surface area (Å²) in [5.41, 5.74) is 5.28. The fraction of sp³-hybridized carbons (Fsp3) is 0.542. The van der Waals surface area contributed by atoms with Gasteiger partial charge in [-0.25, -0.2) is 4.98 Å². The lowest BCUT2D eigenvalue weighted by Crippen LogP contribution is -2.42. The molecule has 0 atom stereocenters. The van der Waals surface area contributed by atoms with Gasteiger partial charge in [-0.1, -0.05) is 31.5 Å². The van der Waals surface area contributed by atoms with Gasteiger partial charge in [-0.15, -0.1) is 0 Å². The molecule has 0 amide bonds. The second kappa shape index (κ2) is 9.22. The lowest BCUT2D eigenvalue weighted by Gasteiger charge is -2.35. The number of fused-ring (bicyclic) bond motifs is 1. The lowest BCUT2D eigenvalue weighted by atomic mass is 10.0. The van der Waals surface area contributed by atoms with Crippen LogP contribution in [-0.2, 0) is 13.0 Å². The van der Waals surface area contributed by atoms with Crippen LogP contribution in [0, 0.1) is 6.92 Å². The molecule has 3 aromatic rings. The lowest BCUT2D eigenvalue weighted by molar-refractivity contribution is 0.252. The van der Waals surface area contributed by atoms with E-state index in [1.54, 1.807) is 0 Å². The van der Waals surface area contributed by atoms with Crippen molar-refractivity contribution in [2.45, 2.75) is 59.0 Å². The number of nitrogens with one attached hydrogen (secondary N) is 1. The third-order valence-corrected chi connectivity index (χ3v) is 6.28. The van der Waals surface area contributed by atoms with E-state index >= 15 is 0 Å². The standard InChI is InChI=1S/C24H35N7/c1-6-14-31-22-21(20(7-2)28-31)26-24(30(5)19-12-15-29(4)16-13-19)27-23(22)25-18-10-8-17(3)9-11-18/h8-11,19H,6-7,12-16H2,1-5H3,(H,25,26,27). The van der Waals surface area contributed by atoms with Crippen LogP contribution in [0.15, 0.2) is 24.3 Å². The summed E-state index contributed by atoms with van der Waals surface area (Å²) in [5, 5.41) is 8.45. The third-order valence-electron chi connectivity index (χ3n) is 6.28. The van der Waals surface area contributed by atoms with Crippen LogP contribution in [0.25, 0.3) is 11.0 Å². The molecule has 31 heavy (non-hydrogen) atoms. The number of aromatic nitrogens is 4. The van der Waals surface area contributed by atoms with Gasteiger partial charge in [0.15, 0.2) is 5.82 Å². The molecule has 1 aromatic carbocycles. The van der Waals surface area contributed by atoms with E-state index in [9.17, 15) is 0 Å². The second-order valence-corrected chi connectivity index (χ2v) is 8.73. The van der Waals surface area contributed by atoms with Crippen molar-refractivity contribution in [2.75, 3.05) is 37.4 Å². The molecule has 7 heteroatoms. The van der Waals surface area contributed by atoms with Crippen LogP contribution in [0.1, 0.15) is 44.4 Å². The zero-order valence-corrected chi connectivity index (χ0v) is 19.5. The highest BCUT2D eigenvalue weighted by atomic mass is 15.3. The second-order valence-electron chi connectivity index (χ2n) is 8.73. The molecule has 0 radical (unpaired) electrons. The van der Waals surface area contributed by atoms with Gasteiger partial charge in [-0.05, 0) is 64.9 Å². The Morgan fingerprint density at radius 1 is 1.10 bits per heavy atom. The van der Waals surface area contributed by atoms with E-state index in [0.29, 0.717) is 6.04 Å². The minimum Gasteiger partial charge on any atom is -0.341 e. The van der Waals surface area contributed by atoms with Crippen LogP contribution in [0.2, 0.25) is 0 Å². The minimum atomic E-state index is 0.455. The van der Waals surface area contributed by atoms with Gasteiger partial charge in [0.25, 0.3) is 0 Å². The molecule has 1 aliphatic rings. The predicted molar refractivity (Wildman–Crippen MR) is 128 cm³/mol. The number of likely N-dealkylation sites (tertiary alicyclic amines) is 1. The van der Waals surface area contributed by atoms with E-state index in [-0.39, 0.29) is 0 Å². The van der Waals surface area contributed by atoms with Crippen molar-refractivity contribution < 1.29 is 0 Å². The number of anilines is 3. The van der Waals surface area contributed by atoms with Gasteiger partial charge in [-0.2, -0.15) is 10.1 Å². The maximum absolute atomic E-state index is 5.04. The summed E-state index contributed by atoms with van der Waals surface area (Å²) >= 11 is 0. The Morgan fingerprint density at radius 2 is 1.81 bits per heavy atom. The van der Waals surface area contributed by atoms with Crippen molar-refractivity contribution in [3.05, 3.63) is 35.5 Å². The van der Waals surface area contributed by atoms with Crippen LogP contribution >= 0.6 is 0 Å². The predicted octanol–water partition coefficient (Wildman–Crippen LogP) is 4.38. The topological polar surface area (TPSA) is 62.1 Å². The first-order valence-electron chi connectivity index (χ1n) is 11.5. The molecule has 3 heterocycles. The number of benzene rings is 1. The number of hydrogen-bond donors (Lipinski definition) is 1. The summed E-state index contributed by atoms with van der Waals surface area (Å²) in [7, 11) is 4.33. The molecule has 4 rings (SSSR count). The van der Waals surface area contributed by atoms with Crippen LogP contribution in [0.3, 0.4) is 0 Å².